The Morgan fingerprint density at radius 2 is 0.844 bits per heavy atom. The Morgan fingerprint density at radius 3 is 1.09 bits per heavy atom. The molecule has 2 aliphatic rings. The summed E-state index contributed by atoms with van der Waals surface area (Å²) in [4.78, 5) is 98.4. The van der Waals surface area contributed by atoms with E-state index in [1.54, 1.807) is 0 Å². The van der Waals surface area contributed by atoms with Crippen LogP contribution in [-0.4, -0.2) is 80.3 Å². The number of imide groups is 2. The summed E-state index contributed by atoms with van der Waals surface area (Å²) >= 11 is 0. The maximum absolute atomic E-state index is 14.5. The number of hydrogen-bond donors (Lipinski definition) is 4. The van der Waals surface area contributed by atoms with Crippen LogP contribution in [0.5, 0.6) is 0 Å². The van der Waals surface area contributed by atoms with Crippen molar-refractivity contribution in [2.24, 2.45) is 17.3 Å². The van der Waals surface area contributed by atoms with Gasteiger partial charge in [0.2, 0.25) is 11.8 Å². The number of halogens is 6. The zero-order valence-electron chi connectivity index (χ0n) is 21.3. The van der Waals surface area contributed by atoms with Crippen LogP contribution in [-0.2, 0) is 19.2 Å². The predicted octanol–water partition coefficient (Wildman–Crippen LogP) is 2.27. The van der Waals surface area contributed by atoms with Gasteiger partial charge < -0.3 is 20.4 Å². The van der Waals surface area contributed by atoms with Gasteiger partial charge in [0.15, 0.2) is 17.3 Å². The first-order chi connectivity index (χ1) is 20.6. The van der Waals surface area contributed by atoms with Crippen LogP contribution in [0.4, 0.5) is 37.7 Å². The van der Waals surface area contributed by atoms with Gasteiger partial charge in [-0.2, -0.15) is 26.3 Å². The zero-order valence-corrected chi connectivity index (χ0v) is 21.3. The molecular formula is C25H12F6N2O12. The Balaban J connectivity index is 2.04. The molecule has 3 atom stereocenters. The Hall–Kier alpha value is -5.82. The first kappa shape index (κ1) is 32.1. The molecule has 2 saturated heterocycles. The van der Waals surface area contributed by atoms with E-state index < -0.39 is 121 Å². The minimum absolute atomic E-state index is 0.180. The Morgan fingerprint density at radius 1 is 0.556 bits per heavy atom. The van der Waals surface area contributed by atoms with Gasteiger partial charge in [0, 0.05) is 0 Å². The molecule has 0 aliphatic carbocycles. The maximum atomic E-state index is 14.5. The number of carbonyl (C=O) groups excluding carboxylic acids is 4. The highest BCUT2D eigenvalue weighted by atomic mass is 19.4. The monoisotopic (exact) mass is 646 g/mol. The number of nitrogens with zero attached hydrogens (tertiary/aromatic N) is 2. The molecular weight excluding hydrogens is 634 g/mol. The smallest absolute Gasteiger partial charge is 0.402 e. The Labute approximate surface area is 242 Å². The minimum Gasteiger partial charge on any atom is -0.478 e. The zero-order chi connectivity index (χ0) is 34.1. The lowest BCUT2D eigenvalue weighted by Gasteiger charge is -2.31. The first-order valence-electron chi connectivity index (χ1n) is 11.7. The van der Waals surface area contributed by atoms with Crippen LogP contribution in [0.2, 0.25) is 0 Å². The van der Waals surface area contributed by atoms with Crippen LogP contribution >= 0.6 is 0 Å². The molecule has 2 aromatic carbocycles. The van der Waals surface area contributed by atoms with Crippen molar-refractivity contribution >= 4 is 58.9 Å². The van der Waals surface area contributed by atoms with E-state index in [1.807, 2.05) is 0 Å². The lowest BCUT2D eigenvalue weighted by Crippen LogP contribution is -2.55. The largest absolute Gasteiger partial charge is 0.478 e. The van der Waals surface area contributed by atoms with Gasteiger partial charge in [0.25, 0.3) is 11.8 Å². The summed E-state index contributed by atoms with van der Waals surface area (Å²) < 4.78 is 86.9. The quantitative estimate of drug-likeness (QED) is 0.202. The number of amides is 4. The van der Waals surface area contributed by atoms with E-state index in [9.17, 15) is 85.1 Å². The highest BCUT2D eigenvalue weighted by Gasteiger charge is 2.84. The number of aromatic carboxylic acids is 4. The third-order valence-electron chi connectivity index (χ3n) is 7.06. The molecule has 0 bridgehead atoms. The summed E-state index contributed by atoms with van der Waals surface area (Å²) in [5.74, 6) is -26.7. The van der Waals surface area contributed by atoms with Crippen LogP contribution in [0.3, 0.4) is 0 Å². The van der Waals surface area contributed by atoms with E-state index in [4.69, 9.17) is 0 Å². The van der Waals surface area contributed by atoms with Gasteiger partial charge in [-0.05, 0) is 36.4 Å². The number of carboxylic acids is 4. The standard InChI is InChI=1S/C25H12F6N2O12/c26-24(27,28)13-15(34)32(7-1-3-9(17(36)37)11(5-7)19(40)41)21(44)23(13)14(25(29,30)31)16(35)33(22(23)45)8-2-4-10(18(38)39)12(6-8)20(42)43/h1-6,13-14H,(H,36,37)(H,38,39)(H,40,41)(H,42,43)/t13-,14?,23?/m0/s1. The van der Waals surface area contributed by atoms with Gasteiger partial charge in [-0.25, -0.2) is 29.0 Å². The second-order valence-electron chi connectivity index (χ2n) is 9.46. The summed E-state index contributed by atoms with van der Waals surface area (Å²) in [6, 6.07) is 1.98. The van der Waals surface area contributed by atoms with Gasteiger partial charge >= 0.3 is 36.2 Å². The highest BCUT2D eigenvalue weighted by molar-refractivity contribution is 6.40. The number of carboxylic acid groups (broad SMARTS) is 4. The highest BCUT2D eigenvalue weighted by Crippen LogP contribution is 2.60. The van der Waals surface area contributed by atoms with Gasteiger partial charge in [-0.3, -0.25) is 19.2 Å². The third kappa shape index (κ3) is 4.60. The molecule has 2 aliphatic heterocycles. The van der Waals surface area contributed by atoms with E-state index in [0.717, 1.165) is 0 Å². The van der Waals surface area contributed by atoms with Crippen molar-refractivity contribution in [3.05, 3.63) is 58.7 Å². The molecule has 4 rings (SSSR count). The van der Waals surface area contributed by atoms with Crippen LogP contribution in [0.1, 0.15) is 41.4 Å². The lowest BCUT2D eigenvalue weighted by molar-refractivity contribution is -0.234. The Bertz CT molecular complexity index is 1640. The second-order valence-corrected chi connectivity index (χ2v) is 9.46. The molecule has 4 amide bonds. The molecule has 2 aromatic rings. The topological polar surface area (TPSA) is 224 Å². The summed E-state index contributed by atoms with van der Waals surface area (Å²) in [7, 11) is 0. The van der Waals surface area contributed by atoms with E-state index in [0.29, 0.717) is 24.3 Å². The number of carbonyl (C=O) groups is 8. The van der Waals surface area contributed by atoms with Gasteiger partial charge in [0.05, 0.1) is 33.6 Å². The Kier molecular flexibility index (Phi) is 7.23. The summed E-state index contributed by atoms with van der Waals surface area (Å²) in [6.45, 7) is 0. The second kappa shape index (κ2) is 10.1. The molecule has 1 spiro atoms. The van der Waals surface area contributed by atoms with E-state index >= 15 is 0 Å². The fourth-order valence-corrected chi connectivity index (χ4v) is 5.32. The van der Waals surface area contributed by atoms with Gasteiger partial charge in [0.1, 0.15) is 0 Å². The molecule has 20 heteroatoms. The van der Waals surface area contributed by atoms with Crippen molar-refractivity contribution in [3.8, 4) is 0 Å². The third-order valence-corrected chi connectivity index (χ3v) is 7.06. The number of benzene rings is 2. The van der Waals surface area contributed by atoms with Crippen LogP contribution in [0.15, 0.2) is 36.4 Å². The van der Waals surface area contributed by atoms with E-state index in [-0.39, 0.29) is 12.1 Å². The number of rotatable bonds is 6. The van der Waals surface area contributed by atoms with Crippen LogP contribution in [0, 0.1) is 17.3 Å². The average molecular weight is 646 g/mol. The molecule has 45 heavy (non-hydrogen) atoms. The van der Waals surface area contributed by atoms with Crippen molar-refractivity contribution in [3.63, 3.8) is 0 Å². The predicted molar refractivity (Wildman–Crippen MR) is 127 cm³/mol. The number of anilines is 2. The summed E-state index contributed by atoms with van der Waals surface area (Å²) in [5.41, 5.74) is -11.5. The van der Waals surface area contributed by atoms with Gasteiger partial charge in [-0.1, -0.05) is 0 Å². The van der Waals surface area contributed by atoms with E-state index in [1.165, 1.54) is 0 Å². The fourth-order valence-electron chi connectivity index (χ4n) is 5.32. The minimum atomic E-state index is -6.17. The van der Waals surface area contributed by atoms with Crippen LogP contribution in [0.25, 0.3) is 0 Å². The molecule has 4 N–H and O–H groups in total. The molecule has 236 valence electrons. The number of hydrogen-bond acceptors (Lipinski definition) is 8. The molecule has 14 nitrogen and oxygen atoms in total. The molecule has 0 aromatic heterocycles. The van der Waals surface area contributed by atoms with Crippen molar-refractivity contribution < 1.29 is 85.1 Å². The molecule has 2 heterocycles. The maximum Gasteiger partial charge on any atom is 0.402 e. The van der Waals surface area contributed by atoms with Crippen LogP contribution < -0.4 is 9.80 Å². The average Bonchev–Trinajstić information content (AvgIpc) is 3.28. The SMILES string of the molecule is O=C(O)c1ccc(N2C(=O)C(C(F)(F)F)C3(C2=O)C(=O)N(c2ccc(C(=O)O)c(C(=O)O)c2)C(=O)[C@@H]3C(F)(F)F)cc1C(=O)O. The molecule has 0 saturated carbocycles. The van der Waals surface area contributed by atoms with Crippen molar-refractivity contribution in [2.75, 3.05) is 9.80 Å². The first-order valence-corrected chi connectivity index (χ1v) is 11.7. The number of alkyl halides is 6. The molecule has 2 unspecified atom stereocenters. The molecule has 2 fully saturated rings. The van der Waals surface area contributed by atoms with Crippen molar-refractivity contribution in [2.45, 2.75) is 12.4 Å². The van der Waals surface area contributed by atoms with E-state index in [2.05, 4.69) is 0 Å². The van der Waals surface area contributed by atoms with Crippen molar-refractivity contribution in [1.82, 2.24) is 0 Å². The van der Waals surface area contributed by atoms with Gasteiger partial charge in [-0.15, -0.1) is 0 Å². The normalized spacial score (nSPS) is 22.0. The summed E-state index contributed by atoms with van der Waals surface area (Å²) in [5, 5.41) is 37.0. The fraction of sp³-hybridized carbons (Fsp3) is 0.200. The van der Waals surface area contributed by atoms with Crippen molar-refractivity contribution in [1.29, 1.82) is 0 Å². The lowest BCUT2D eigenvalue weighted by atomic mass is 9.68. The summed E-state index contributed by atoms with van der Waals surface area (Å²) in [6.07, 6.45) is -12.3. The molecule has 0 radical (unpaired) electrons.